The molecule has 0 saturated heterocycles. The molecule has 1 aromatic rings. The molecule has 10 heteroatoms. The van der Waals surface area contributed by atoms with Gasteiger partial charge in [-0.05, 0) is 38.7 Å². The molecule has 1 saturated carbocycles. The highest BCUT2D eigenvalue weighted by Crippen LogP contribution is 2.43. The maximum Gasteiger partial charge on any atom is 0.338 e. The van der Waals surface area contributed by atoms with Crippen molar-refractivity contribution < 1.29 is 28.7 Å². The van der Waals surface area contributed by atoms with Crippen LogP contribution in [0.2, 0.25) is 0 Å². The third kappa shape index (κ3) is 3.34. The molecule has 1 atom stereocenters. The zero-order chi connectivity index (χ0) is 20.7. The van der Waals surface area contributed by atoms with Gasteiger partial charge in [0.1, 0.15) is 6.10 Å². The molecule has 0 unspecified atom stereocenters. The van der Waals surface area contributed by atoms with Crippen LogP contribution in [0.5, 0.6) is 11.5 Å². The average molecular weight is 403 g/mol. The molecule has 0 radical (unpaired) electrons. The Bertz CT molecular complexity index is 921. The molecule has 2 amide bonds. The fourth-order valence-electron chi connectivity index (χ4n) is 3.89. The van der Waals surface area contributed by atoms with E-state index in [9.17, 15) is 19.7 Å². The first-order chi connectivity index (χ1) is 13.9. The van der Waals surface area contributed by atoms with E-state index in [1.165, 1.54) is 24.1 Å². The average Bonchev–Trinajstić information content (AvgIpc) is 3.35. The van der Waals surface area contributed by atoms with Crippen LogP contribution in [0.1, 0.15) is 44.2 Å². The molecular weight excluding hydrogens is 382 g/mol. The van der Waals surface area contributed by atoms with Crippen molar-refractivity contribution in [1.29, 1.82) is 0 Å². The number of benzene rings is 1. The predicted molar refractivity (Wildman–Crippen MR) is 99.3 cm³/mol. The van der Waals surface area contributed by atoms with E-state index in [0.29, 0.717) is 11.4 Å². The van der Waals surface area contributed by atoms with E-state index in [2.05, 4.69) is 5.32 Å². The van der Waals surface area contributed by atoms with Gasteiger partial charge in [0.25, 0.3) is 5.69 Å². The van der Waals surface area contributed by atoms with Crippen molar-refractivity contribution >= 4 is 17.7 Å². The largest absolute Gasteiger partial charge is 0.459 e. The number of carbonyl (C=O) groups is 2. The van der Waals surface area contributed by atoms with Gasteiger partial charge in [-0.1, -0.05) is 0 Å². The van der Waals surface area contributed by atoms with Crippen LogP contribution in [0.3, 0.4) is 0 Å². The summed E-state index contributed by atoms with van der Waals surface area (Å²) >= 11 is 0. The van der Waals surface area contributed by atoms with Crippen molar-refractivity contribution in [2.75, 3.05) is 13.8 Å². The lowest BCUT2D eigenvalue weighted by Gasteiger charge is -2.33. The molecular formula is C19H21N3O7. The third-order valence-corrected chi connectivity index (χ3v) is 5.58. The van der Waals surface area contributed by atoms with E-state index in [0.717, 1.165) is 25.7 Å². The highest BCUT2D eigenvalue weighted by atomic mass is 16.7. The highest BCUT2D eigenvalue weighted by molar-refractivity contribution is 5.95. The van der Waals surface area contributed by atoms with Gasteiger partial charge in [0.2, 0.25) is 6.79 Å². The molecule has 4 rings (SSSR count). The minimum Gasteiger partial charge on any atom is -0.459 e. The summed E-state index contributed by atoms with van der Waals surface area (Å²) in [5.74, 6) is -0.0198. The number of nitrogens with zero attached hydrogens (tertiary/aromatic N) is 2. The first-order valence-electron chi connectivity index (χ1n) is 9.40. The number of hydrogen-bond acceptors (Lipinski definition) is 7. The van der Waals surface area contributed by atoms with Gasteiger partial charge in [0.15, 0.2) is 11.5 Å². The maximum atomic E-state index is 13.0. The molecule has 2 aliphatic heterocycles. The summed E-state index contributed by atoms with van der Waals surface area (Å²) in [5.41, 5.74) is 0.413. The predicted octanol–water partition coefficient (Wildman–Crippen LogP) is 2.78. The van der Waals surface area contributed by atoms with Crippen LogP contribution >= 0.6 is 0 Å². The number of urea groups is 1. The Kier molecular flexibility index (Phi) is 4.77. The van der Waals surface area contributed by atoms with Crippen LogP contribution in [0.4, 0.5) is 10.5 Å². The number of hydrogen-bond donors (Lipinski definition) is 1. The van der Waals surface area contributed by atoms with Gasteiger partial charge < -0.3 is 24.4 Å². The van der Waals surface area contributed by atoms with Gasteiger partial charge in [0.05, 0.1) is 28.2 Å². The Hall–Kier alpha value is -3.30. The number of fused-ring (bicyclic) bond motifs is 1. The van der Waals surface area contributed by atoms with Crippen molar-refractivity contribution in [2.45, 2.75) is 44.8 Å². The number of nitrogens with one attached hydrogen (secondary N) is 1. The Labute approximate surface area is 166 Å². The summed E-state index contributed by atoms with van der Waals surface area (Å²) < 4.78 is 16.2. The smallest absolute Gasteiger partial charge is 0.338 e. The number of esters is 1. The number of amides is 2. The Morgan fingerprint density at radius 2 is 1.93 bits per heavy atom. The zero-order valence-corrected chi connectivity index (χ0v) is 16.1. The second kappa shape index (κ2) is 7.26. The van der Waals surface area contributed by atoms with Crippen molar-refractivity contribution in [3.63, 3.8) is 0 Å². The highest BCUT2D eigenvalue weighted by Gasteiger charge is 2.40. The number of allylic oxidation sites excluding steroid dienone is 1. The summed E-state index contributed by atoms with van der Waals surface area (Å²) in [7, 11) is 1.53. The first kappa shape index (κ1) is 19.0. The molecule has 154 valence electrons. The van der Waals surface area contributed by atoms with Crippen LogP contribution in [0, 0.1) is 10.1 Å². The molecule has 0 spiro atoms. The van der Waals surface area contributed by atoms with Gasteiger partial charge in [-0.3, -0.25) is 10.1 Å². The minimum absolute atomic E-state index is 0.0544. The SMILES string of the molecule is CC1=C(C(=O)OC2CCCC2)[C@H](c2cc3c(cc2[N+](=O)[O-])OCO3)NC(=O)N1C. The quantitative estimate of drug-likeness (QED) is 0.466. The fraction of sp³-hybridized carbons (Fsp3) is 0.474. The van der Waals surface area contributed by atoms with Crippen molar-refractivity contribution in [1.82, 2.24) is 10.2 Å². The van der Waals surface area contributed by atoms with E-state index >= 15 is 0 Å². The lowest BCUT2D eigenvalue weighted by molar-refractivity contribution is -0.385. The molecule has 0 aromatic heterocycles. The first-order valence-corrected chi connectivity index (χ1v) is 9.40. The van der Waals surface area contributed by atoms with Crippen LogP contribution in [0.15, 0.2) is 23.4 Å². The third-order valence-electron chi connectivity index (χ3n) is 5.58. The summed E-state index contributed by atoms with van der Waals surface area (Å²) in [5, 5.41) is 14.4. The van der Waals surface area contributed by atoms with Crippen LogP contribution in [-0.2, 0) is 9.53 Å². The van der Waals surface area contributed by atoms with Crippen LogP contribution < -0.4 is 14.8 Å². The summed E-state index contributed by atoms with van der Waals surface area (Å²) in [6, 6.07) is 1.17. The van der Waals surface area contributed by atoms with E-state index in [1.807, 2.05) is 0 Å². The van der Waals surface area contributed by atoms with Gasteiger partial charge >= 0.3 is 12.0 Å². The number of nitro groups is 1. The van der Waals surface area contributed by atoms with Gasteiger partial charge in [-0.25, -0.2) is 9.59 Å². The molecule has 1 aliphatic carbocycles. The number of carbonyl (C=O) groups excluding carboxylic acids is 2. The molecule has 2 heterocycles. The van der Waals surface area contributed by atoms with Crippen molar-refractivity contribution in [3.05, 3.63) is 39.1 Å². The van der Waals surface area contributed by atoms with E-state index in [4.69, 9.17) is 14.2 Å². The second-order valence-electron chi connectivity index (χ2n) is 7.27. The van der Waals surface area contributed by atoms with Gasteiger partial charge in [0, 0.05) is 12.7 Å². The van der Waals surface area contributed by atoms with Crippen LogP contribution in [0.25, 0.3) is 0 Å². The zero-order valence-electron chi connectivity index (χ0n) is 16.1. The summed E-state index contributed by atoms with van der Waals surface area (Å²) in [4.78, 5) is 37.9. The normalized spacial score (nSPS) is 21.4. The van der Waals surface area contributed by atoms with E-state index in [1.54, 1.807) is 6.92 Å². The lowest BCUT2D eigenvalue weighted by Crippen LogP contribution is -2.46. The Morgan fingerprint density at radius 3 is 2.59 bits per heavy atom. The minimum atomic E-state index is -1.04. The number of rotatable bonds is 4. The molecule has 3 aliphatic rings. The summed E-state index contributed by atoms with van der Waals surface area (Å²) in [6.07, 6.45) is 3.37. The van der Waals surface area contributed by atoms with Crippen molar-refractivity contribution in [3.8, 4) is 11.5 Å². The fourth-order valence-corrected chi connectivity index (χ4v) is 3.89. The van der Waals surface area contributed by atoms with E-state index in [-0.39, 0.29) is 35.5 Å². The van der Waals surface area contributed by atoms with Crippen LogP contribution in [-0.4, -0.2) is 41.8 Å². The maximum absolute atomic E-state index is 13.0. The van der Waals surface area contributed by atoms with E-state index < -0.39 is 23.0 Å². The second-order valence-corrected chi connectivity index (χ2v) is 7.27. The lowest BCUT2D eigenvalue weighted by atomic mass is 9.93. The molecule has 29 heavy (non-hydrogen) atoms. The molecule has 1 aromatic carbocycles. The monoisotopic (exact) mass is 403 g/mol. The Morgan fingerprint density at radius 1 is 1.28 bits per heavy atom. The standard InChI is InChI=1S/C19H21N3O7/c1-10-16(18(23)29-11-5-3-4-6-11)17(20-19(24)21(10)2)12-7-14-15(28-9-27-14)8-13(12)22(25)26/h7-8,11,17H,3-6,9H2,1-2H3,(H,20,24)/t17-/m0/s1. The molecule has 10 nitrogen and oxygen atoms in total. The number of ether oxygens (including phenoxy) is 3. The molecule has 1 N–H and O–H groups in total. The topological polar surface area (TPSA) is 120 Å². The Balaban J connectivity index is 1.79. The van der Waals surface area contributed by atoms with Gasteiger partial charge in [-0.15, -0.1) is 0 Å². The number of nitro benzene ring substituents is 1. The molecule has 0 bridgehead atoms. The summed E-state index contributed by atoms with van der Waals surface area (Å²) in [6.45, 7) is 1.57. The van der Waals surface area contributed by atoms with Gasteiger partial charge in [-0.2, -0.15) is 0 Å². The molecule has 1 fully saturated rings. The van der Waals surface area contributed by atoms with Crippen molar-refractivity contribution in [2.24, 2.45) is 0 Å².